The van der Waals surface area contributed by atoms with Crippen LogP contribution in [0.1, 0.15) is 49.0 Å². The van der Waals surface area contributed by atoms with Crippen molar-refractivity contribution in [3.63, 3.8) is 0 Å². The fourth-order valence-electron chi connectivity index (χ4n) is 3.01. The predicted molar refractivity (Wildman–Crippen MR) is 86.2 cm³/mol. The molecule has 1 aromatic carbocycles. The van der Waals surface area contributed by atoms with Crippen LogP contribution < -0.4 is 11.1 Å². The van der Waals surface area contributed by atoms with Crippen molar-refractivity contribution in [3.8, 4) is 0 Å². The van der Waals surface area contributed by atoms with Crippen LogP contribution in [0.25, 0.3) is 0 Å². The Morgan fingerprint density at radius 1 is 1.10 bits per heavy atom. The number of rotatable bonds is 3. The molecule has 0 radical (unpaired) electrons. The van der Waals surface area contributed by atoms with E-state index in [1.807, 2.05) is 18.2 Å². The second-order valence-electron chi connectivity index (χ2n) is 5.70. The van der Waals surface area contributed by atoms with Crippen molar-refractivity contribution in [2.75, 3.05) is 11.1 Å². The molecule has 0 amide bonds. The molecule has 4 nitrogen and oxygen atoms in total. The predicted octanol–water partition coefficient (Wildman–Crippen LogP) is 3.50. The molecule has 0 bridgehead atoms. The zero-order chi connectivity index (χ0) is 14.7. The van der Waals surface area contributed by atoms with Gasteiger partial charge in [-0.05, 0) is 44.2 Å². The van der Waals surface area contributed by atoms with Crippen LogP contribution in [0.3, 0.4) is 0 Å². The molecule has 1 heterocycles. The third-order valence-corrected chi connectivity index (χ3v) is 4.19. The van der Waals surface area contributed by atoms with Gasteiger partial charge in [0, 0.05) is 16.9 Å². The smallest absolute Gasteiger partial charge is 0.133 e. The zero-order valence-electron chi connectivity index (χ0n) is 12.5. The average molecular weight is 282 g/mol. The van der Waals surface area contributed by atoms with E-state index < -0.39 is 0 Å². The fourth-order valence-corrected chi connectivity index (χ4v) is 3.01. The van der Waals surface area contributed by atoms with Gasteiger partial charge in [-0.25, -0.2) is 9.97 Å². The number of benzene rings is 1. The number of nitrogen functional groups attached to an aromatic ring is 1. The van der Waals surface area contributed by atoms with E-state index in [9.17, 15) is 0 Å². The number of nitrogens with one attached hydrogen (secondary N) is 1. The van der Waals surface area contributed by atoms with Gasteiger partial charge in [0.2, 0.25) is 0 Å². The van der Waals surface area contributed by atoms with Gasteiger partial charge in [0.1, 0.15) is 12.1 Å². The lowest BCUT2D eigenvalue weighted by atomic mass is 10.0. The summed E-state index contributed by atoms with van der Waals surface area (Å²) in [5, 5.41) is 3.52. The van der Waals surface area contributed by atoms with Crippen LogP contribution in [0.5, 0.6) is 0 Å². The maximum Gasteiger partial charge on any atom is 0.133 e. The van der Waals surface area contributed by atoms with E-state index in [0.717, 1.165) is 29.9 Å². The van der Waals surface area contributed by atoms with Crippen LogP contribution in [0.2, 0.25) is 0 Å². The number of aromatic nitrogens is 2. The first-order valence-electron chi connectivity index (χ1n) is 7.69. The number of aryl methyl sites for hydroxylation is 1. The molecule has 0 saturated carbocycles. The van der Waals surface area contributed by atoms with Crippen LogP contribution in [0, 0.1) is 0 Å². The lowest BCUT2D eigenvalue weighted by Gasteiger charge is -2.19. The minimum atomic E-state index is 0.133. The van der Waals surface area contributed by atoms with Gasteiger partial charge in [0.05, 0.1) is 6.04 Å². The molecule has 3 N–H and O–H groups in total. The molecule has 2 aromatic rings. The van der Waals surface area contributed by atoms with Crippen molar-refractivity contribution in [2.45, 2.75) is 45.1 Å². The third-order valence-electron chi connectivity index (χ3n) is 4.19. The Hall–Kier alpha value is -2.10. The van der Waals surface area contributed by atoms with E-state index in [-0.39, 0.29) is 6.04 Å². The average Bonchev–Trinajstić information content (AvgIpc) is 2.73. The molecule has 0 aliphatic heterocycles. The van der Waals surface area contributed by atoms with Crippen LogP contribution in [0.4, 0.5) is 11.5 Å². The molecule has 110 valence electrons. The van der Waals surface area contributed by atoms with Gasteiger partial charge in [-0.2, -0.15) is 0 Å². The highest BCUT2D eigenvalue weighted by atomic mass is 15.0. The molecule has 1 unspecified atom stereocenters. The minimum absolute atomic E-state index is 0.133. The van der Waals surface area contributed by atoms with Crippen molar-refractivity contribution in [1.82, 2.24) is 9.97 Å². The summed E-state index contributed by atoms with van der Waals surface area (Å²) in [6.45, 7) is 2.12. The summed E-state index contributed by atoms with van der Waals surface area (Å²) in [4.78, 5) is 8.93. The second kappa shape index (κ2) is 6.12. The Balaban J connectivity index is 1.87. The summed E-state index contributed by atoms with van der Waals surface area (Å²) in [7, 11) is 0. The van der Waals surface area contributed by atoms with E-state index in [0.29, 0.717) is 0 Å². The van der Waals surface area contributed by atoms with Crippen molar-refractivity contribution in [3.05, 3.63) is 47.4 Å². The van der Waals surface area contributed by atoms with E-state index in [4.69, 9.17) is 5.73 Å². The first kappa shape index (κ1) is 13.9. The molecule has 1 atom stereocenters. The number of nitrogens with two attached hydrogens (primary N) is 1. The van der Waals surface area contributed by atoms with Crippen LogP contribution in [0.15, 0.2) is 30.6 Å². The quantitative estimate of drug-likeness (QED) is 0.668. The van der Waals surface area contributed by atoms with Crippen LogP contribution >= 0.6 is 0 Å². The van der Waals surface area contributed by atoms with Gasteiger partial charge in [-0.1, -0.05) is 24.6 Å². The molecule has 1 aliphatic rings. The topological polar surface area (TPSA) is 63.8 Å². The van der Waals surface area contributed by atoms with Crippen molar-refractivity contribution in [2.24, 2.45) is 0 Å². The van der Waals surface area contributed by atoms with E-state index in [2.05, 4.69) is 28.3 Å². The Kier molecular flexibility index (Phi) is 4.04. The van der Waals surface area contributed by atoms with Crippen LogP contribution in [-0.2, 0) is 12.8 Å². The number of nitrogens with zero attached hydrogens (tertiary/aromatic N) is 2. The van der Waals surface area contributed by atoms with Gasteiger partial charge < -0.3 is 11.1 Å². The monoisotopic (exact) mass is 282 g/mol. The van der Waals surface area contributed by atoms with Crippen LogP contribution in [-0.4, -0.2) is 9.97 Å². The Bertz CT molecular complexity index is 624. The number of hydrogen-bond acceptors (Lipinski definition) is 4. The molecule has 4 heteroatoms. The largest absolute Gasteiger partial charge is 0.398 e. The highest BCUT2D eigenvalue weighted by molar-refractivity contribution is 5.53. The molecule has 1 aliphatic carbocycles. The first-order valence-corrected chi connectivity index (χ1v) is 7.69. The van der Waals surface area contributed by atoms with E-state index >= 15 is 0 Å². The molecule has 3 rings (SSSR count). The fraction of sp³-hybridized carbons (Fsp3) is 0.412. The van der Waals surface area contributed by atoms with Gasteiger partial charge in [0.25, 0.3) is 0 Å². The number of anilines is 2. The maximum absolute atomic E-state index is 6.07. The molecule has 21 heavy (non-hydrogen) atoms. The molecule has 0 fully saturated rings. The SMILES string of the molecule is CC(Nc1ncnc2c1CCCCC2)c1ccccc1N. The Morgan fingerprint density at radius 2 is 1.90 bits per heavy atom. The highest BCUT2D eigenvalue weighted by Crippen LogP contribution is 2.28. The normalized spacial score (nSPS) is 15.9. The summed E-state index contributed by atoms with van der Waals surface area (Å²) < 4.78 is 0. The molecular formula is C17H22N4. The molecule has 0 saturated heterocycles. The Labute approximate surface area is 125 Å². The second-order valence-corrected chi connectivity index (χ2v) is 5.70. The van der Waals surface area contributed by atoms with Gasteiger partial charge in [-0.3, -0.25) is 0 Å². The maximum atomic E-state index is 6.07. The van der Waals surface area contributed by atoms with Crippen molar-refractivity contribution < 1.29 is 0 Å². The third kappa shape index (κ3) is 2.99. The number of hydrogen-bond donors (Lipinski definition) is 2. The standard InChI is InChI=1S/C17H22N4/c1-12(13-7-5-6-9-15(13)18)21-17-14-8-3-2-4-10-16(14)19-11-20-17/h5-7,9,11-12H,2-4,8,10,18H2,1H3,(H,19,20,21). The number of para-hydroxylation sites is 1. The summed E-state index contributed by atoms with van der Waals surface area (Å²) in [5.74, 6) is 0.970. The van der Waals surface area contributed by atoms with Gasteiger partial charge >= 0.3 is 0 Å². The summed E-state index contributed by atoms with van der Waals surface area (Å²) >= 11 is 0. The molecule has 1 aromatic heterocycles. The Morgan fingerprint density at radius 3 is 2.76 bits per heavy atom. The summed E-state index contributed by atoms with van der Waals surface area (Å²) in [6, 6.07) is 8.11. The number of fused-ring (bicyclic) bond motifs is 1. The van der Waals surface area contributed by atoms with Crippen molar-refractivity contribution in [1.29, 1.82) is 0 Å². The molecule has 0 spiro atoms. The zero-order valence-corrected chi connectivity index (χ0v) is 12.5. The highest BCUT2D eigenvalue weighted by Gasteiger charge is 2.16. The van der Waals surface area contributed by atoms with Crippen molar-refractivity contribution >= 4 is 11.5 Å². The minimum Gasteiger partial charge on any atom is -0.398 e. The summed E-state index contributed by atoms with van der Waals surface area (Å²) in [5.41, 5.74) is 10.5. The summed E-state index contributed by atoms with van der Waals surface area (Å²) in [6.07, 6.45) is 7.52. The van der Waals surface area contributed by atoms with Gasteiger partial charge in [-0.15, -0.1) is 0 Å². The lowest BCUT2D eigenvalue weighted by Crippen LogP contribution is -2.13. The van der Waals surface area contributed by atoms with E-state index in [1.165, 1.54) is 30.5 Å². The lowest BCUT2D eigenvalue weighted by molar-refractivity contribution is 0.708. The van der Waals surface area contributed by atoms with Gasteiger partial charge in [0.15, 0.2) is 0 Å². The molecular weight excluding hydrogens is 260 g/mol. The first-order chi connectivity index (χ1) is 10.3. The van der Waals surface area contributed by atoms with E-state index in [1.54, 1.807) is 6.33 Å².